The van der Waals surface area contributed by atoms with Gasteiger partial charge in [0.15, 0.2) is 6.10 Å². The number of carboxylic acid groups (broad SMARTS) is 1. The Balaban J connectivity index is 2.91. The number of halogens is 2. The van der Waals surface area contributed by atoms with E-state index in [-0.39, 0.29) is 0 Å². The molecule has 14 heavy (non-hydrogen) atoms. The number of aliphatic hydroxyl groups excluding tert-OH is 1. The summed E-state index contributed by atoms with van der Waals surface area (Å²) in [6.07, 6.45) is -0.920. The molecule has 0 amide bonds. The first-order valence-corrected chi connectivity index (χ1v) is 3.71. The number of aromatic nitrogens is 1. The quantitative estimate of drug-likeness (QED) is 0.743. The molecule has 76 valence electrons. The minimum atomic E-state index is -1.82. The molecule has 4 nitrogen and oxygen atoms in total. The molecule has 0 saturated heterocycles. The van der Waals surface area contributed by atoms with E-state index >= 15 is 0 Å². The summed E-state index contributed by atoms with van der Waals surface area (Å²) in [7, 11) is 0. The Morgan fingerprint density at radius 1 is 1.43 bits per heavy atom. The molecule has 2 N–H and O–H groups in total. The van der Waals surface area contributed by atoms with Crippen LogP contribution < -0.4 is 0 Å². The highest BCUT2D eigenvalue weighted by Gasteiger charge is 2.19. The molecule has 0 saturated carbocycles. The van der Waals surface area contributed by atoms with Crippen LogP contribution in [0.2, 0.25) is 0 Å². The van der Waals surface area contributed by atoms with Crippen molar-refractivity contribution in [1.82, 2.24) is 4.98 Å². The molecule has 1 aromatic rings. The van der Waals surface area contributed by atoms with Crippen LogP contribution in [0.15, 0.2) is 12.4 Å². The molecule has 1 heterocycles. The summed E-state index contributed by atoms with van der Waals surface area (Å²) in [5.74, 6) is -3.46. The number of carbonyl (C=O) groups is 1. The van der Waals surface area contributed by atoms with Gasteiger partial charge in [-0.15, -0.1) is 0 Å². The standard InChI is InChI=1S/C8H7F2NO3/c9-5-2-11-3-6(10)4(5)1-7(12)8(13)14/h2-3,7,12H,1H2,(H,13,14). The van der Waals surface area contributed by atoms with Gasteiger partial charge in [-0.1, -0.05) is 0 Å². The van der Waals surface area contributed by atoms with Gasteiger partial charge in [-0.25, -0.2) is 13.6 Å². The maximum atomic E-state index is 12.9. The van der Waals surface area contributed by atoms with Gasteiger partial charge in [0, 0.05) is 12.0 Å². The molecule has 1 aromatic heterocycles. The molecular weight excluding hydrogens is 196 g/mol. The lowest BCUT2D eigenvalue weighted by Crippen LogP contribution is -2.23. The lowest BCUT2D eigenvalue weighted by molar-refractivity contribution is -0.146. The van der Waals surface area contributed by atoms with Crippen molar-refractivity contribution in [3.8, 4) is 0 Å². The van der Waals surface area contributed by atoms with E-state index < -0.39 is 35.7 Å². The van der Waals surface area contributed by atoms with Crippen molar-refractivity contribution in [2.24, 2.45) is 0 Å². The summed E-state index contributed by atoms with van der Waals surface area (Å²) in [4.78, 5) is 13.4. The Morgan fingerprint density at radius 3 is 2.36 bits per heavy atom. The third-order valence-electron chi connectivity index (χ3n) is 1.63. The summed E-state index contributed by atoms with van der Waals surface area (Å²) in [6, 6.07) is 0. The molecule has 0 radical (unpaired) electrons. The molecule has 0 aliphatic carbocycles. The van der Waals surface area contributed by atoms with E-state index in [1.165, 1.54) is 0 Å². The second-order valence-corrected chi connectivity index (χ2v) is 2.64. The zero-order valence-electron chi connectivity index (χ0n) is 6.94. The topological polar surface area (TPSA) is 70.4 Å². The van der Waals surface area contributed by atoms with Crippen molar-refractivity contribution in [2.75, 3.05) is 0 Å². The number of carboxylic acids is 1. The van der Waals surface area contributed by atoms with Crippen molar-refractivity contribution in [3.63, 3.8) is 0 Å². The Kier molecular flexibility index (Phi) is 3.08. The maximum Gasteiger partial charge on any atom is 0.332 e. The van der Waals surface area contributed by atoms with Gasteiger partial charge in [0.2, 0.25) is 0 Å². The van der Waals surface area contributed by atoms with Gasteiger partial charge in [0.05, 0.1) is 12.4 Å². The average molecular weight is 203 g/mol. The molecule has 0 spiro atoms. The van der Waals surface area contributed by atoms with Gasteiger partial charge >= 0.3 is 5.97 Å². The van der Waals surface area contributed by atoms with Crippen molar-refractivity contribution in [2.45, 2.75) is 12.5 Å². The van der Waals surface area contributed by atoms with Crippen molar-refractivity contribution >= 4 is 5.97 Å². The predicted octanol–water partition coefficient (Wildman–Crippen LogP) is 0.348. The van der Waals surface area contributed by atoms with Crippen LogP contribution in [0.25, 0.3) is 0 Å². The first kappa shape index (κ1) is 10.5. The van der Waals surface area contributed by atoms with E-state index in [9.17, 15) is 13.6 Å². The number of nitrogens with zero attached hydrogens (tertiary/aromatic N) is 1. The van der Waals surface area contributed by atoms with Gasteiger partial charge < -0.3 is 10.2 Å². The van der Waals surface area contributed by atoms with Gasteiger partial charge in [-0.05, 0) is 0 Å². The molecule has 0 fully saturated rings. The molecule has 1 unspecified atom stereocenters. The van der Waals surface area contributed by atoms with E-state index in [4.69, 9.17) is 10.2 Å². The van der Waals surface area contributed by atoms with E-state index in [1.807, 2.05) is 0 Å². The van der Waals surface area contributed by atoms with Gasteiger partial charge in [-0.2, -0.15) is 0 Å². The summed E-state index contributed by atoms with van der Waals surface area (Å²) in [5, 5.41) is 17.2. The smallest absolute Gasteiger partial charge is 0.332 e. The zero-order chi connectivity index (χ0) is 10.7. The van der Waals surface area contributed by atoms with Crippen LogP contribution in [0.5, 0.6) is 0 Å². The number of rotatable bonds is 3. The first-order valence-electron chi connectivity index (χ1n) is 3.71. The Labute approximate surface area is 77.8 Å². The molecule has 0 aliphatic heterocycles. The van der Waals surface area contributed by atoms with Crippen LogP contribution in [0.4, 0.5) is 8.78 Å². The summed E-state index contributed by atoms with van der Waals surface area (Å²) in [5.41, 5.74) is -0.477. The minimum absolute atomic E-state index is 0.477. The number of pyridine rings is 1. The second-order valence-electron chi connectivity index (χ2n) is 2.64. The molecular formula is C8H7F2NO3. The fourth-order valence-corrected chi connectivity index (χ4v) is 0.914. The van der Waals surface area contributed by atoms with Crippen LogP contribution in [0, 0.1) is 11.6 Å². The fraction of sp³-hybridized carbons (Fsp3) is 0.250. The average Bonchev–Trinajstić information content (AvgIpc) is 2.11. The molecule has 6 heteroatoms. The summed E-state index contributed by atoms with van der Waals surface area (Å²) >= 11 is 0. The largest absolute Gasteiger partial charge is 0.479 e. The van der Waals surface area contributed by atoms with Gasteiger partial charge in [0.1, 0.15) is 11.6 Å². The highest BCUT2D eigenvalue weighted by atomic mass is 19.1. The third kappa shape index (κ3) is 2.23. The normalized spacial score (nSPS) is 12.5. The van der Waals surface area contributed by atoms with Crippen LogP contribution >= 0.6 is 0 Å². The van der Waals surface area contributed by atoms with E-state index in [0.717, 1.165) is 12.4 Å². The number of hydrogen-bond donors (Lipinski definition) is 2. The van der Waals surface area contributed by atoms with Crippen LogP contribution in [-0.2, 0) is 11.2 Å². The maximum absolute atomic E-state index is 12.9. The van der Waals surface area contributed by atoms with E-state index in [0.29, 0.717) is 0 Å². The monoisotopic (exact) mass is 203 g/mol. The fourth-order valence-electron chi connectivity index (χ4n) is 0.914. The van der Waals surface area contributed by atoms with Crippen molar-refractivity contribution < 1.29 is 23.8 Å². The van der Waals surface area contributed by atoms with Crippen LogP contribution in [-0.4, -0.2) is 27.3 Å². The Bertz CT molecular complexity index is 336. The van der Waals surface area contributed by atoms with Gasteiger partial charge in [0.25, 0.3) is 0 Å². The SMILES string of the molecule is O=C(O)C(O)Cc1c(F)cncc1F. The number of hydrogen-bond acceptors (Lipinski definition) is 3. The van der Waals surface area contributed by atoms with Crippen LogP contribution in [0.3, 0.4) is 0 Å². The van der Waals surface area contributed by atoms with Crippen molar-refractivity contribution in [3.05, 3.63) is 29.6 Å². The van der Waals surface area contributed by atoms with Gasteiger partial charge in [-0.3, -0.25) is 4.98 Å². The Hall–Kier alpha value is -1.56. The van der Waals surface area contributed by atoms with E-state index in [1.54, 1.807) is 0 Å². The number of aliphatic carboxylic acids is 1. The second kappa shape index (κ2) is 4.10. The lowest BCUT2D eigenvalue weighted by atomic mass is 10.1. The lowest BCUT2D eigenvalue weighted by Gasteiger charge is -2.06. The van der Waals surface area contributed by atoms with Crippen LogP contribution in [0.1, 0.15) is 5.56 Å². The molecule has 1 rings (SSSR count). The Morgan fingerprint density at radius 2 is 1.93 bits per heavy atom. The minimum Gasteiger partial charge on any atom is -0.479 e. The molecule has 0 aromatic carbocycles. The van der Waals surface area contributed by atoms with Crippen molar-refractivity contribution in [1.29, 1.82) is 0 Å². The number of aliphatic hydroxyl groups is 1. The third-order valence-corrected chi connectivity index (χ3v) is 1.63. The highest BCUT2D eigenvalue weighted by molar-refractivity contribution is 5.72. The summed E-state index contributed by atoms with van der Waals surface area (Å²) < 4.78 is 25.7. The van der Waals surface area contributed by atoms with E-state index in [2.05, 4.69) is 4.98 Å². The molecule has 0 bridgehead atoms. The molecule has 0 aliphatic rings. The zero-order valence-corrected chi connectivity index (χ0v) is 6.94. The summed E-state index contributed by atoms with van der Waals surface area (Å²) in [6.45, 7) is 0. The first-order chi connectivity index (χ1) is 6.52. The molecule has 1 atom stereocenters. The highest BCUT2D eigenvalue weighted by Crippen LogP contribution is 2.12. The predicted molar refractivity (Wildman–Crippen MR) is 41.5 cm³/mol.